The Morgan fingerprint density at radius 3 is 2.84 bits per heavy atom. The van der Waals surface area contributed by atoms with E-state index in [1.165, 1.54) is 49.7 Å². The molecule has 138 valence electrons. The molecule has 1 N–H and O–H groups in total. The third kappa shape index (κ3) is 5.21. The molecule has 1 amide bonds. The second-order valence-electron chi connectivity index (χ2n) is 7.28. The molecule has 0 bridgehead atoms. The van der Waals surface area contributed by atoms with E-state index in [0.29, 0.717) is 12.6 Å². The third-order valence-electron chi connectivity index (χ3n) is 5.30. The highest BCUT2D eigenvalue weighted by atomic mass is 16.5. The number of benzene rings is 1. The largest absolute Gasteiger partial charge is 0.481 e. The van der Waals surface area contributed by atoms with Crippen LogP contribution in [-0.2, 0) is 22.4 Å². The van der Waals surface area contributed by atoms with E-state index in [9.17, 15) is 4.79 Å². The predicted molar refractivity (Wildman–Crippen MR) is 99.0 cm³/mol. The number of aryl methyl sites for hydroxylation is 1. The summed E-state index contributed by atoms with van der Waals surface area (Å²) in [4.78, 5) is 12.3. The Kier molecular flexibility index (Phi) is 6.74. The molecule has 4 nitrogen and oxygen atoms in total. The second-order valence-corrected chi connectivity index (χ2v) is 7.28. The van der Waals surface area contributed by atoms with Crippen molar-refractivity contribution < 1.29 is 14.3 Å². The Morgan fingerprint density at radius 2 is 2.00 bits per heavy atom. The summed E-state index contributed by atoms with van der Waals surface area (Å²) in [6.07, 6.45) is 10.4. The van der Waals surface area contributed by atoms with Crippen LogP contribution in [0.25, 0.3) is 0 Å². The van der Waals surface area contributed by atoms with Gasteiger partial charge in [0.25, 0.3) is 5.91 Å². The Morgan fingerprint density at radius 1 is 1.20 bits per heavy atom. The molecule has 2 aliphatic rings. The maximum atomic E-state index is 12.3. The van der Waals surface area contributed by atoms with Crippen LogP contribution in [0.4, 0.5) is 0 Å². The van der Waals surface area contributed by atoms with Crippen molar-refractivity contribution in [1.29, 1.82) is 0 Å². The number of ether oxygens (including phenoxy) is 2. The molecule has 1 atom stereocenters. The van der Waals surface area contributed by atoms with Crippen molar-refractivity contribution in [2.75, 3.05) is 13.2 Å². The van der Waals surface area contributed by atoms with Crippen molar-refractivity contribution >= 4 is 5.91 Å². The number of carbonyl (C=O) groups is 1. The summed E-state index contributed by atoms with van der Waals surface area (Å²) in [6, 6.07) is 6.20. The first-order valence-corrected chi connectivity index (χ1v) is 9.91. The summed E-state index contributed by atoms with van der Waals surface area (Å²) in [6.45, 7) is 3.20. The zero-order valence-electron chi connectivity index (χ0n) is 15.4. The first kappa shape index (κ1) is 18.2. The standard InChI is InChI=1S/C21H31NO3/c1-16(21(23)22-14-7-15-24-18-10-3-4-11-18)25-20-13-6-9-17-8-2-5-12-19(17)20/h6,9,13,16,18H,2-5,7-8,10-12,14-15H2,1H3,(H,22,23)/t16-/m0/s1. The molecule has 0 radical (unpaired) electrons. The van der Waals surface area contributed by atoms with Crippen molar-refractivity contribution in [3.63, 3.8) is 0 Å². The van der Waals surface area contributed by atoms with E-state index in [1.807, 2.05) is 19.1 Å². The van der Waals surface area contributed by atoms with Gasteiger partial charge < -0.3 is 14.8 Å². The van der Waals surface area contributed by atoms with Gasteiger partial charge >= 0.3 is 0 Å². The number of hydrogen-bond donors (Lipinski definition) is 1. The molecule has 0 saturated heterocycles. The molecular formula is C21H31NO3. The van der Waals surface area contributed by atoms with Crippen molar-refractivity contribution in [2.45, 2.75) is 76.9 Å². The van der Waals surface area contributed by atoms with Gasteiger partial charge in [0.15, 0.2) is 6.10 Å². The quantitative estimate of drug-likeness (QED) is 0.729. The molecule has 1 aromatic rings. The molecule has 2 aliphatic carbocycles. The van der Waals surface area contributed by atoms with Crippen LogP contribution in [0, 0.1) is 0 Å². The van der Waals surface area contributed by atoms with Crippen molar-refractivity contribution in [1.82, 2.24) is 5.32 Å². The van der Waals surface area contributed by atoms with E-state index in [-0.39, 0.29) is 5.91 Å². The fourth-order valence-electron chi connectivity index (χ4n) is 3.83. The highest BCUT2D eigenvalue weighted by molar-refractivity contribution is 5.80. The summed E-state index contributed by atoms with van der Waals surface area (Å²) >= 11 is 0. The average molecular weight is 345 g/mol. The molecule has 1 saturated carbocycles. The highest BCUT2D eigenvalue weighted by Gasteiger charge is 2.19. The summed E-state index contributed by atoms with van der Waals surface area (Å²) in [5.74, 6) is 0.832. The van der Waals surface area contributed by atoms with E-state index >= 15 is 0 Å². The smallest absolute Gasteiger partial charge is 0.260 e. The first-order chi connectivity index (χ1) is 12.2. The molecule has 0 aliphatic heterocycles. The molecule has 3 rings (SSSR count). The van der Waals surface area contributed by atoms with E-state index < -0.39 is 6.10 Å². The summed E-state index contributed by atoms with van der Waals surface area (Å²) < 4.78 is 11.8. The molecular weight excluding hydrogens is 314 g/mol. The Bertz CT molecular complexity index is 566. The maximum absolute atomic E-state index is 12.3. The second kappa shape index (κ2) is 9.23. The zero-order chi connectivity index (χ0) is 17.5. The predicted octanol–water partition coefficient (Wildman–Crippen LogP) is 3.80. The summed E-state index contributed by atoms with van der Waals surface area (Å²) in [7, 11) is 0. The minimum Gasteiger partial charge on any atom is -0.481 e. The van der Waals surface area contributed by atoms with Crippen molar-refractivity contribution in [3.05, 3.63) is 29.3 Å². The van der Waals surface area contributed by atoms with Gasteiger partial charge in [0.1, 0.15) is 5.75 Å². The third-order valence-corrected chi connectivity index (χ3v) is 5.30. The zero-order valence-corrected chi connectivity index (χ0v) is 15.4. The van der Waals surface area contributed by atoms with Crippen LogP contribution < -0.4 is 10.1 Å². The number of carbonyl (C=O) groups excluding carboxylic acids is 1. The molecule has 0 aromatic heterocycles. The van der Waals surface area contributed by atoms with Crippen molar-refractivity contribution in [3.8, 4) is 5.75 Å². The van der Waals surface area contributed by atoms with E-state index in [4.69, 9.17) is 9.47 Å². The van der Waals surface area contributed by atoms with Crippen LogP contribution in [0.5, 0.6) is 5.75 Å². The number of hydrogen-bond acceptors (Lipinski definition) is 3. The van der Waals surface area contributed by atoms with Crippen molar-refractivity contribution in [2.24, 2.45) is 0 Å². The van der Waals surface area contributed by atoms with Gasteiger partial charge in [-0.05, 0) is 69.1 Å². The minimum atomic E-state index is -0.468. The van der Waals surface area contributed by atoms with Crippen LogP contribution >= 0.6 is 0 Å². The molecule has 25 heavy (non-hydrogen) atoms. The lowest BCUT2D eigenvalue weighted by Crippen LogP contribution is -2.37. The lowest BCUT2D eigenvalue weighted by atomic mass is 9.91. The number of amides is 1. The SMILES string of the molecule is C[C@H](Oc1cccc2c1CCCC2)C(=O)NCCCOC1CCCC1. The van der Waals surface area contributed by atoms with Gasteiger partial charge in [0.2, 0.25) is 0 Å². The van der Waals surface area contributed by atoms with Crippen LogP contribution in [0.15, 0.2) is 18.2 Å². The van der Waals surface area contributed by atoms with Gasteiger partial charge in [-0.3, -0.25) is 4.79 Å². The molecule has 1 fully saturated rings. The van der Waals surface area contributed by atoms with Gasteiger partial charge in [-0.15, -0.1) is 0 Å². The molecule has 4 heteroatoms. The lowest BCUT2D eigenvalue weighted by Gasteiger charge is -2.22. The fourth-order valence-corrected chi connectivity index (χ4v) is 3.83. The summed E-state index contributed by atoms with van der Waals surface area (Å²) in [5.41, 5.74) is 2.67. The van der Waals surface area contributed by atoms with E-state index in [1.54, 1.807) is 0 Å². The monoisotopic (exact) mass is 345 g/mol. The van der Waals surface area contributed by atoms with Gasteiger partial charge in [-0.2, -0.15) is 0 Å². The first-order valence-electron chi connectivity index (χ1n) is 9.91. The molecule has 0 heterocycles. The van der Waals surface area contributed by atoms with Gasteiger partial charge in [0.05, 0.1) is 6.10 Å². The average Bonchev–Trinajstić information content (AvgIpc) is 3.15. The normalized spacial score (nSPS) is 18.6. The minimum absolute atomic E-state index is 0.0470. The number of fused-ring (bicyclic) bond motifs is 1. The fraction of sp³-hybridized carbons (Fsp3) is 0.667. The topological polar surface area (TPSA) is 47.6 Å². The van der Waals surface area contributed by atoms with Gasteiger partial charge in [-0.1, -0.05) is 25.0 Å². The van der Waals surface area contributed by atoms with E-state index in [0.717, 1.165) is 31.6 Å². The Labute approximate surface area is 151 Å². The number of nitrogens with one attached hydrogen (secondary N) is 1. The van der Waals surface area contributed by atoms with Crippen LogP contribution in [0.1, 0.15) is 63.0 Å². The molecule has 1 aromatic carbocycles. The maximum Gasteiger partial charge on any atom is 0.260 e. The van der Waals surface area contributed by atoms with Gasteiger partial charge in [0, 0.05) is 13.2 Å². The van der Waals surface area contributed by atoms with E-state index in [2.05, 4.69) is 11.4 Å². The molecule has 0 unspecified atom stereocenters. The molecule has 0 spiro atoms. The van der Waals surface area contributed by atoms with Crippen LogP contribution in [-0.4, -0.2) is 31.3 Å². The number of rotatable bonds is 8. The van der Waals surface area contributed by atoms with Crippen LogP contribution in [0.2, 0.25) is 0 Å². The highest BCUT2D eigenvalue weighted by Crippen LogP contribution is 2.30. The Hall–Kier alpha value is -1.55. The Balaban J connectivity index is 1.39. The van der Waals surface area contributed by atoms with Gasteiger partial charge in [-0.25, -0.2) is 0 Å². The lowest BCUT2D eigenvalue weighted by molar-refractivity contribution is -0.127. The summed E-state index contributed by atoms with van der Waals surface area (Å²) in [5, 5.41) is 2.96. The van der Waals surface area contributed by atoms with Crippen LogP contribution in [0.3, 0.4) is 0 Å².